The van der Waals surface area contributed by atoms with E-state index in [0.29, 0.717) is 11.8 Å². The zero-order valence-corrected chi connectivity index (χ0v) is 17.2. The molecule has 1 saturated carbocycles. The molecule has 1 aliphatic heterocycles. The average molecular weight is 398 g/mol. The Bertz CT molecular complexity index is 841. The molecule has 4 rings (SSSR count). The van der Waals surface area contributed by atoms with Gasteiger partial charge in [0.15, 0.2) is 0 Å². The van der Waals surface area contributed by atoms with E-state index in [-0.39, 0.29) is 5.91 Å². The molecule has 0 spiro atoms. The minimum Gasteiger partial charge on any atom is -0.352 e. The highest BCUT2D eigenvalue weighted by molar-refractivity contribution is 6.31. The number of carbonyl (C=O) groups is 1. The summed E-state index contributed by atoms with van der Waals surface area (Å²) in [5.74, 6) is 1.05. The summed E-state index contributed by atoms with van der Waals surface area (Å²) in [6.07, 6.45) is 4.51. The topological polar surface area (TPSA) is 45.2 Å². The van der Waals surface area contributed by atoms with E-state index in [1.165, 1.54) is 18.4 Å². The third-order valence-corrected chi connectivity index (χ3v) is 6.25. The first-order valence-corrected chi connectivity index (χ1v) is 10.7. The van der Waals surface area contributed by atoms with Crippen LogP contribution in [0.3, 0.4) is 0 Å². The Hall–Kier alpha value is -1.91. The fourth-order valence-corrected chi connectivity index (χ4v) is 4.16. The maximum Gasteiger partial charge on any atom is 0.253 e. The summed E-state index contributed by atoms with van der Waals surface area (Å²) < 4.78 is 0. The fraction of sp³-hybridized carbons (Fsp3) is 0.478. The molecule has 0 radical (unpaired) electrons. The molecular weight excluding hydrogens is 370 g/mol. The van der Waals surface area contributed by atoms with E-state index in [1.807, 2.05) is 37.3 Å². The second kappa shape index (κ2) is 8.62. The number of nitrogens with zero attached hydrogens (tertiary/aromatic N) is 2. The SMILES string of the molecule is Cc1ccc(C(=O)NCC2CC2)c(C2CCN(Cc3ccccc3Cl)CC2)n1. The molecule has 148 valence electrons. The van der Waals surface area contributed by atoms with Crippen molar-refractivity contribution in [3.05, 3.63) is 63.9 Å². The molecule has 1 saturated heterocycles. The highest BCUT2D eigenvalue weighted by atomic mass is 35.5. The predicted molar refractivity (Wildman–Crippen MR) is 113 cm³/mol. The fourth-order valence-electron chi connectivity index (χ4n) is 3.97. The highest BCUT2D eigenvalue weighted by Gasteiger charge is 2.27. The molecule has 1 N–H and O–H groups in total. The summed E-state index contributed by atoms with van der Waals surface area (Å²) in [5.41, 5.74) is 3.89. The molecule has 2 fully saturated rings. The van der Waals surface area contributed by atoms with Crippen molar-refractivity contribution >= 4 is 17.5 Å². The van der Waals surface area contributed by atoms with Crippen LogP contribution in [0, 0.1) is 12.8 Å². The number of rotatable bonds is 6. The Labute approximate surface area is 172 Å². The maximum atomic E-state index is 12.7. The summed E-state index contributed by atoms with van der Waals surface area (Å²) in [4.78, 5) is 19.9. The van der Waals surface area contributed by atoms with Gasteiger partial charge < -0.3 is 5.32 Å². The van der Waals surface area contributed by atoms with Gasteiger partial charge in [-0.25, -0.2) is 0 Å². The van der Waals surface area contributed by atoms with Crippen molar-refractivity contribution in [2.24, 2.45) is 5.92 Å². The number of carbonyl (C=O) groups excluding carboxylic acids is 1. The van der Waals surface area contributed by atoms with Crippen LogP contribution in [-0.2, 0) is 6.54 Å². The van der Waals surface area contributed by atoms with E-state index in [9.17, 15) is 4.79 Å². The van der Waals surface area contributed by atoms with Gasteiger partial charge in [0, 0.05) is 29.7 Å². The number of benzene rings is 1. The molecule has 0 atom stereocenters. The molecule has 1 amide bonds. The van der Waals surface area contributed by atoms with Gasteiger partial charge in [-0.3, -0.25) is 14.7 Å². The van der Waals surface area contributed by atoms with Crippen LogP contribution in [0.1, 0.15) is 58.9 Å². The summed E-state index contributed by atoms with van der Waals surface area (Å²) >= 11 is 6.32. The number of hydrogen-bond acceptors (Lipinski definition) is 3. The Kier molecular flexibility index (Phi) is 5.98. The van der Waals surface area contributed by atoms with Crippen molar-refractivity contribution in [1.82, 2.24) is 15.2 Å². The predicted octanol–water partition coefficient (Wildman–Crippen LogP) is 4.56. The van der Waals surface area contributed by atoms with Crippen molar-refractivity contribution in [3.8, 4) is 0 Å². The Balaban J connectivity index is 1.41. The molecule has 4 nitrogen and oxygen atoms in total. The standard InChI is InChI=1S/C23H28ClN3O/c1-16-6-9-20(23(28)25-14-17-7-8-17)22(26-16)18-10-12-27(13-11-18)15-19-4-2-3-5-21(19)24/h2-6,9,17-18H,7-8,10-15H2,1H3,(H,25,28). The number of nitrogens with one attached hydrogen (secondary N) is 1. The monoisotopic (exact) mass is 397 g/mol. The largest absolute Gasteiger partial charge is 0.352 e. The molecule has 1 aliphatic carbocycles. The van der Waals surface area contributed by atoms with Crippen LogP contribution in [0.25, 0.3) is 0 Å². The average Bonchev–Trinajstić information content (AvgIpc) is 3.53. The van der Waals surface area contributed by atoms with Crippen molar-refractivity contribution in [3.63, 3.8) is 0 Å². The Morgan fingerprint density at radius 2 is 1.89 bits per heavy atom. The number of amides is 1. The van der Waals surface area contributed by atoms with Crippen LogP contribution in [0.15, 0.2) is 36.4 Å². The quantitative estimate of drug-likeness (QED) is 0.776. The zero-order valence-electron chi connectivity index (χ0n) is 16.5. The lowest BCUT2D eigenvalue weighted by Crippen LogP contribution is -2.34. The number of piperidine rings is 1. The lowest BCUT2D eigenvalue weighted by molar-refractivity contribution is 0.0948. The number of halogens is 1. The third-order valence-electron chi connectivity index (χ3n) is 5.88. The van der Waals surface area contributed by atoms with Gasteiger partial charge in [-0.05, 0) is 75.4 Å². The Morgan fingerprint density at radius 1 is 1.14 bits per heavy atom. The molecule has 0 bridgehead atoms. The minimum atomic E-state index is 0.0351. The molecule has 5 heteroatoms. The number of aromatic nitrogens is 1. The lowest BCUT2D eigenvalue weighted by atomic mass is 9.89. The number of hydrogen-bond donors (Lipinski definition) is 1. The summed E-state index contributed by atoms with van der Waals surface area (Å²) in [6, 6.07) is 12.0. The minimum absolute atomic E-state index is 0.0351. The number of likely N-dealkylation sites (tertiary alicyclic amines) is 1. The van der Waals surface area contributed by atoms with Gasteiger partial charge >= 0.3 is 0 Å². The third kappa shape index (κ3) is 4.73. The van der Waals surface area contributed by atoms with Crippen molar-refractivity contribution in [2.45, 2.75) is 45.1 Å². The molecule has 28 heavy (non-hydrogen) atoms. The second-order valence-electron chi connectivity index (χ2n) is 8.18. The van der Waals surface area contributed by atoms with Gasteiger partial charge in [-0.1, -0.05) is 29.8 Å². The number of aryl methyl sites for hydroxylation is 1. The molecular formula is C23H28ClN3O. The van der Waals surface area contributed by atoms with E-state index in [0.717, 1.165) is 61.0 Å². The summed E-state index contributed by atoms with van der Waals surface area (Å²) in [6.45, 7) is 5.66. The van der Waals surface area contributed by atoms with E-state index >= 15 is 0 Å². The summed E-state index contributed by atoms with van der Waals surface area (Å²) in [7, 11) is 0. The van der Waals surface area contributed by atoms with Gasteiger partial charge in [-0.2, -0.15) is 0 Å². The molecule has 1 aromatic heterocycles. The summed E-state index contributed by atoms with van der Waals surface area (Å²) in [5, 5.41) is 3.94. The van der Waals surface area contributed by atoms with Gasteiger partial charge in [0.25, 0.3) is 5.91 Å². The second-order valence-corrected chi connectivity index (χ2v) is 8.59. The van der Waals surface area contributed by atoms with Crippen LogP contribution >= 0.6 is 11.6 Å². The highest BCUT2D eigenvalue weighted by Crippen LogP contribution is 2.31. The van der Waals surface area contributed by atoms with E-state index < -0.39 is 0 Å². The van der Waals surface area contributed by atoms with Crippen LogP contribution in [0.5, 0.6) is 0 Å². The van der Waals surface area contributed by atoms with Crippen LogP contribution in [-0.4, -0.2) is 35.4 Å². The van der Waals surface area contributed by atoms with Crippen molar-refractivity contribution in [1.29, 1.82) is 0 Å². The number of pyridine rings is 1. The molecule has 1 aromatic carbocycles. The van der Waals surface area contributed by atoms with Gasteiger partial charge in [0.05, 0.1) is 11.3 Å². The molecule has 2 aliphatic rings. The first-order chi connectivity index (χ1) is 13.6. The molecule has 2 aromatic rings. The van der Waals surface area contributed by atoms with Gasteiger partial charge in [0.2, 0.25) is 0 Å². The van der Waals surface area contributed by atoms with E-state index in [2.05, 4.69) is 16.3 Å². The van der Waals surface area contributed by atoms with Crippen LogP contribution < -0.4 is 5.32 Å². The smallest absolute Gasteiger partial charge is 0.253 e. The van der Waals surface area contributed by atoms with Crippen molar-refractivity contribution < 1.29 is 4.79 Å². The van der Waals surface area contributed by atoms with Crippen LogP contribution in [0.2, 0.25) is 5.02 Å². The lowest BCUT2D eigenvalue weighted by Gasteiger charge is -2.32. The van der Waals surface area contributed by atoms with Gasteiger partial charge in [-0.15, -0.1) is 0 Å². The Morgan fingerprint density at radius 3 is 2.61 bits per heavy atom. The first kappa shape index (κ1) is 19.4. The van der Waals surface area contributed by atoms with Crippen molar-refractivity contribution in [2.75, 3.05) is 19.6 Å². The zero-order chi connectivity index (χ0) is 19.5. The molecule has 2 heterocycles. The van der Waals surface area contributed by atoms with E-state index in [1.54, 1.807) is 0 Å². The van der Waals surface area contributed by atoms with E-state index in [4.69, 9.17) is 16.6 Å². The van der Waals surface area contributed by atoms with Crippen LogP contribution in [0.4, 0.5) is 0 Å². The normalized spacial score (nSPS) is 18.2. The van der Waals surface area contributed by atoms with Gasteiger partial charge in [0.1, 0.15) is 0 Å². The maximum absolute atomic E-state index is 12.7. The molecule has 0 unspecified atom stereocenters. The first-order valence-electron chi connectivity index (χ1n) is 10.3.